The number of amides is 1. The Hall–Kier alpha value is -1.97. The number of likely N-dealkylation sites (N-methyl/N-ethyl adjacent to an activating group) is 1. The van der Waals surface area contributed by atoms with Gasteiger partial charge in [-0.25, -0.2) is 9.59 Å². The molecular formula is C19H29N3O5S. The first-order valence-corrected chi connectivity index (χ1v) is 10.4. The number of nitrogens with zero attached hydrogens (tertiary/aromatic N) is 2. The number of hydrogen-bond donors (Lipinski definition) is 1. The van der Waals surface area contributed by atoms with E-state index in [2.05, 4.69) is 22.0 Å². The SMILES string of the molecule is CCOC(=O)c1sc(NC(=O)CN2CCN(CC)CC2)c(C(=O)OCC)c1C. The van der Waals surface area contributed by atoms with Crippen LogP contribution in [-0.2, 0) is 14.3 Å². The van der Waals surface area contributed by atoms with E-state index in [1.54, 1.807) is 20.8 Å². The Labute approximate surface area is 169 Å². The molecule has 9 heteroatoms. The Morgan fingerprint density at radius 1 is 0.964 bits per heavy atom. The van der Waals surface area contributed by atoms with Crippen LogP contribution in [0, 0.1) is 6.92 Å². The van der Waals surface area contributed by atoms with E-state index in [1.807, 2.05) is 0 Å². The van der Waals surface area contributed by atoms with Gasteiger partial charge in [0.1, 0.15) is 9.88 Å². The number of thiophene rings is 1. The Morgan fingerprint density at radius 2 is 1.54 bits per heavy atom. The summed E-state index contributed by atoms with van der Waals surface area (Å²) >= 11 is 1.05. The molecule has 0 bridgehead atoms. The maximum Gasteiger partial charge on any atom is 0.348 e. The van der Waals surface area contributed by atoms with Gasteiger partial charge in [-0.1, -0.05) is 6.92 Å². The van der Waals surface area contributed by atoms with Gasteiger partial charge in [0.2, 0.25) is 5.91 Å². The van der Waals surface area contributed by atoms with Crippen LogP contribution in [0.2, 0.25) is 0 Å². The lowest BCUT2D eigenvalue weighted by Gasteiger charge is -2.33. The molecule has 2 rings (SSSR count). The van der Waals surface area contributed by atoms with E-state index >= 15 is 0 Å². The second-order valence-corrected chi connectivity index (χ2v) is 7.48. The van der Waals surface area contributed by atoms with Crippen molar-refractivity contribution in [3.63, 3.8) is 0 Å². The summed E-state index contributed by atoms with van der Waals surface area (Å²) in [7, 11) is 0. The summed E-state index contributed by atoms with van der Waals surface area (Å²) < 4.78 is 10.2. The zero-order valence-electron chi connectivity index (χ0n) is 17.0. The van der Waals surface area contributed by atoms with Crippen LogP contribution >= 0.6 is 11.3 Å². The monoisotopic (exact) mass is 411 g/mol. The average Bonchev–Trinajstić information content (AvgIpc) is 2.98. The minimum atomic E-state index is -0.557. The van der Waals surface area contributed by atoms with Gasteiger partial charge >= 0.3 is 11.9 Å². The summed E-state index contributed by atoms with van der Waals surface area (Å²) in [6.07, 6.45) is 0. The Morgan fingerprint density at radius 3 is 2.11 bits per heavy atom. The molecule has 0 aromatic carbocycles. The lowest BCUT2D eigenvalue weighted by atomic mass is 10.1. The van der Waals surface area contributed by atoms with E-state index in [9.17, 15) is 14.4 Å². The van der Waals surface area contributed by atoms with Crippen LogP contribution in [0.5, 0.6) is 0 Å². The van der Waals surface area contributed by atoms with E-state index in [0.717, 1.165) is 44.1 Å². The highest BCUT2D eigenvalue weighted by Gasteiger charge is 2.28. The number of rotatable bonds is 8. The number of nitrogens with one attached hydrogen (secondary N) is 1. The van der Waals surface area contributed by atoms with Crippen molar-refractivity contribution in [2.45, 2.75) is 27.7 Å². The number of hydrogen-bond acceptors (Lipinski definition) is 8. The third kappa shape index (κ3) is 5.52. The molecule has 8 nitrogen and oxygen atoms in total. The Kier molecular flexibility index (Phi) is 8.40. The van der Waals surface area contributed by atoms with Gasteiger partial charge in [0.05, 0.1) is 25.3 Å². The van der Waals surface area contributed by atoms with Gasteiger partial charge in [-0.2, -0.15) is 0 Å². The van der Waals surface area contributed by atoms with Crippen molar-refractivity contribution in [2.75, 3.05) is 57.8 Å². The van der Waals surface area contributed by atoms with Gasteiger partial charge in [-0.15, -0.1) is 11.3 Å². The molecule has 0 aliphatic carbocycles. The number of carbonyl (C=O) groups is 3. The van der Waals surface area contributed by atoms with E-state index < -0.39 is 11.9 Å². The van der Waals surface area contributed by atoms with Gasteiger partial charge in [-0.05, 0) is 32.9 Å². The van der Waals surface area contributed by atoms with Gasteiger partial charge in [0.15, 0.2) is 0 Å². The third-order valence-corrected chi connectivity index (χ3v) is 5.81. The van der Waals surface area contributed by atoms with Crippen molar-refractivity contribution in [3.05, 3.63) is 16.0 Å². The molecule has 1 aromatic rings. The van der Waals surface area contributed by atoms with E-state index in [4.69, 9.17) is 9.47 Å². The second-order valence-electron chi connectivity index (χ2n) is 6.46. The maximum absolute atomic E-state index is 12.6. The zero-order chi connectivity index (χ0) is 20.7. The van der Waals surface area contributed by atoms with E-state index in [1.165, 1.54) is 0 Å². The highest BCUT2D eigenvalue weighted by Crippen LogP contribution is 2.34. The summed E-state index contributed by atoms with van der Waals surface area (Å²) in [5, 5.41) is 3.13. The summed E-state index contributed by atoms with van der Waals surface area (Å²) in [6, 6.07) is 0. The predicted molar refractivity (Wildman–Crippen MR) is 108 cm³/mol. The summed E-state index contributed by atoms with van der Waals surface area (Å²) in [5.41, 5.74) is 0.688. The third-order valence-electron chi connectivity index (χ3n) is 4.62. The number of piperazine rings is 1. The Bertz CT molecular complexity index is 711. The number of anilines is 1. The van der Waals surface area contributed by atoms with Crippen LogP contribution in [0.4, 0.5) is 5.00 Å². The fourth-order valence-electron chi connectivity index (χ4n) is 3.07. The van der Waals surface area contributed by atoms with Crippen molar-refractivity contribution in [1.29, 1.82) is 0 Å². The quantitative estimate of drug-likeness (QED) is 0.655. The highest BCUT2D eigenvalue weighted by molar-refractivity contribution is 7.18. The van der Waals surface area contributed by atoms with Crippen molar-refractivity contribution in [2.24, 2.45) is 0 Å². The summed E-state index contributed by atoms with van der Waals surface area (Å²) in [6.45, 7) is 12.4. The Balaban J connectivity index is 2.14. The highest BCUT2D eigenvalue weighted by atomic mass is 32.1. The van der Waals surface area contributed by atoms with Gasteiger partial charge in [0, 0.05) is 26.2 Å². The fourth-order valence-corrected chi connectivity index (χ4v) is 4.18. The molecule has 1 N–H and O–H groups in total. The van der Waals surface area contributed by atoms with Crippen LogP contribution < -0.4 is 5.32 Å². The van der Waals surface area contributed by atoms with E-state index in [0.29, 0.717) is 15.4 Å². The zero-order valence-corrected chi connectivity index (χ0v) is 17.8. The smallest absolute Gasteiger partial charge is 0.348 e. The molecule has 1 amide bonds. The molecule has 1 aliphatic heterocycles. The summed E-state index contributed by atoms with van der Waals surface area (Å²) in [4.78, 5) is 41.8. The second kappa shape index (κ2) is 10.5. The van der Waals surface area contributed by atoms with Gasteiger partial charge in [0.25, 0.3) is 0 Å². The van der Waals surface area contributed by atoms with Crippen LogP contribution in [0.1, 0.15) is 46.4 Å². The number of ether oxygens (including phenoxy) is 2. The van der Waals surface area contributed by atoms with E-state index in [-0.39, 0.29) is 31.2 Å². The maximum atomic E-state index is 12.6. The van der Waals surface area contributed by atoms with Crippen molar-refractivity contribution < 1.29 is 23.9 Å². The van der Waals surface area contributed by atoms with Crippen LogP contribution in [-0.4, -0.2) is 80.1 Å². The van der Waals surface area contributed by atoms with Crippen LogP contribution in [0.15, 0.2) is 0 Å². The minimum absolute atomic E-state index is 0.206. The van der Waals surface area contributed by atoms with Crippen molar-refractivity contribution in [1.82, 2.24) is 9.80 Å². The number of esters is 2. The average molecular weight is 412 g/mol. The lowest BCUT2D eigenvalue weighted by Crippen LogP contribution is -2.48. The lowest BCUT2D eigenvalue weighted by molar-refractivity contribution is -0.117. The molecule has 0 radical (unpaired) electrons. The minimum Gasteiger partial charge on any atom is -0.462 e. The molecule has 2 heterocycles. The number of carbonyl (C=O) groups excluding carboxylic acids is 3. The van der Waals surface area contributed by atoms with Gasteiger partial charge in [-0.3, -0.25) is 9.69 Å². The molecule has 1 aromatic heterocycles. The molecule has 1 fully saturated rings. The van der Waals surface area contributed by atoms with Crippen molar-refractivity contribution >= 4 is 34.2 Å². The molecule has 0 saturated carbocycles. The standard InChI is InChI=1S/C19H29N3O5S/c1-5-21-8-10-22(11-9-21)12-14(23)20-17-15(18(24)26-6-2)13(4)16(28-17)19(25)27-7-3/h5-12H2,1-4H3,(H,20,23). The normalized spacial score (nSPS) is 15.3. The van der Waals surface area contributed by atoms with Crippen molar-refractivity contribution in [3.8, 4) is 0 Å². The summed E-state index contributed by atoms with van der Waals surface area (Å²) in [5.74, 6) is -1.28. The van der Waals surface area contributed by atoms with Crippen LogP contribution in [0.25, 0.3) is 0 Å². The molecule has 0 unspecified atom stereocenters. The van der Waals surface area contributed by atoms with Crippen LogP contribution in [0.3, 0.4) is 0 Å². The molecule has 0 spiro atoms. The molecule has 28 heavy (non-hydrogen) atoms. The topological polar surface area (TPSA) is 88.2 Å². The molecule has 0 atom stereocenters. The first-order chi connectivity index (χ1) is 13.4. The molecule has 1 aliphatic rings. The first kappa shape index (κ1) is 22.3. The first-order valence-electron chi connectivity index (χ1n) is 9.63. The van der Waals surface area contributed by atoms with Gasteiger partial charge < -0.3 is 19.7 Å². The fraction of sp³-hybridized carbons (Fsp3) is 0.632. The largest absolute Gasteiger partial charge is 0.462 e. The molecular weight excluding hydrogens is 382 g/mol. The predicted octanol–water partition coefficient (Wildman–Crippen LogP) is 1.99. The molecule has 156 valence electrons. The molecule has 1 saturated heterocycles.